The van der Waals surface area contributed by atoms with Crippen molar-refractivity contribution in [2.24, 2.45) is 0 Å². The van der Waals surface area contributed by atoms with Crippen molar-refractivity contribution in [3.8, 4) is 0 Å². The van der Waals surface area contributed by atoms with Gasteiger partial charge in [0.2, 0.25) is 0 Å². The average Bonchev–Trinajstić information content (AvgIpc) is 2.98. The molecule has 0 saturated carbocycles. The average molecular weight is 248 g/mol. The van der Waals surface area contributed by atoms with E-state index in [9.17, 15) is 9.90 Å². The number of nitrogens with zero attached hydrogens (tertiary/aromatic N) is 2. The van der Waals surface area contributed by atoms with Gasteiger partial charge in [-0.2, -0.15) is 0 Å². The van der Waals surface area contributed by atoms with Crippen LogP contribution in [0.5, 0.6) is 0 Å². The molecule has 94 valence electrons. The lowest BCUT2D eigenvalue weighted by molar-refractivity contribution is 0.0881. The third-order valence-electron chi connectivity index (χ3n) is 2.86. The number of amides is 1. The highest BCUT2D eigenvalue weighted by atomic mass is 16.5. The summed E-state index contributed by atoms with van der Waals surface area (Å²) in [6, 6.07) is 1.35. The smallest absolute Gasteiger partial charge is 0.271 e. The summed E-state index contributed by atoms with van der Waals surface area (Å²) < 4.78 is 5.06. The highest BCUT2D eigenvalue weighted by molar-refractivity contribution is 5.93. The maximum Gasteiger partial charge on any atom is 0.271 e. The molecule has 2 aromatic heterocycles. The molecule has 1 aliphatic heterocycles. The molecule has 2 atom stereocenters. The van der Waals surface area contributed by atoms with Gasteiger partial charge >= 0.3 is 0 Å². The third kappa shape index (κ3) is 1.93. The van der Waals surface area contributed by atoms with Crippen molar-refractivity contribution in [1.29, 1.82) is 0 Å². The zero-order chi connectivity index (χ0) is 12.5. The third-order valence-corrected chi connectivity index (χ3v) is 2.86. The van der Waals surface area contributed by atoms with Crippen molar-refractivity contribution in [2.45, 2.75) is 12.1 Å². The van der Waals surface area contributed by atoms with Crippen LogP contribution in [-0.2, 0) is 4.74 Å². The van der Waals surface area contributed by atoms with Gasteiger partial charge in [-0.15, -0.1) is 0 Å². The van der Waals surface area contributed by atoms with Gasteiger partial charge < -0.3 is 20.1 Å². The second-order valence-electron chi connectivity index (χ2n) is 4.15. The van der Waals surface area contributed by atoms with Crippen LogP contribution in [0.15, 0.2) is 18.5 Å². The van der Waals surface area contributed by atoms with Gasteiger partial charge in [-0.3, -0.25) is 4.79 Å². The Hall–Kier alpha value is -1.99. The number of carbonyl (C=O) groups is 1. The van der Waals surface area contributed by atoms with Gasteiger partial charge in [0.25, 0.3) is 5.91 Å². The fourth-order valence-corrected chi connectivity index (χ4v) is 1.86. The van der Waals surface area contributed by atoms with E-state index in [1.165, 1.54) is 6.20 Å². The van der Waals surface area contributed by atoms with Gasteiger partial charge in [0.15, 0.2) is 5.65 Å². The van der Waals surface area contributed by atoms with E-state index in [0.29, 0.717) is 17.8 Å². The standard InChI is InChI=1S/C11H12N4O3/c16-9-5-18-4-8(9)15-11(17)7-3-13-10-6(14-7)1-2-12-10/h1-3,8-9,16H,4-5H2,(H,12,13)(H,15,17)/t8-,9+/m0/s1. The van der Waals surface area contributed by atoms with Gasteiger partial charge in [-0.25, -0.2) is 9.97 Å². The van der Waals surface area contributed by atoms with E-state index < -0.39 is 6.10 Å². The summed E-state index contributed by atoms with van der Waals surface area (Å²) in [6.45, 7) is 0.556. The number of nitrogens with one attached hydrogen (secondary N) is 2. The molecule has 1 fully saturated rings. The molecule has 0 spiro atoms. The number of ether oxygens (including phenoxy) is 1. The Balaban J connectivity index is 1.78. The van der Waals surface area contributed by atoms with Crippen LogP contribution in [0.4, 0.5) is 0 Å². The largest absolute Gasteiger partial charge is 0.388 e. The number of fused-ring (bicyclic) bond motifs is 1. The fourth-order valence-electron chi connectivity index (χ4n) is 1.86. The molecule has 7 heteroatoms. The molecule has 7 nitrogen and oxygen atoms in total. The van der Waals surface area contributed by atoms with E-state index in [1.807, 2.05) is 0 Å². The number of rotatable bonds is 2. The van der Waals surface area contributed by atoms with E-state index in [0.717, 1.165) is 0 Å². The highest BCUT2D eigenvalue weighted by Gasteiger charge is 2.28. The summed E-state index contributed by atoms with van der Waals surface area (Å²) in [4.78, 5) is 23.1. The molecule has 0 bridgehead atoms. The summed E-state index contributed by atoms with van der Waals surface area (Å²) in [6.07, 6.45) is 2.44. The minimum atomic E-state index is -0.669. The summed E-state index contributed by atoms with van der Waals surface area (Å²) in [5.74, 6) is -0.361. The molecule has 0 aromatic carbocycles. The lowest BCUT2D eigenvalue weighted by atomic mass is 10.2. The first-order chi connectivity index (χ1) is 8.74. The second-order valence-corrected chi connectivity index (χ2v) is 4.15. The van der Waals surface area contributed by atoms with Gasteiger partial charge in [-0.1, -0.05) is 0 Å². The molecular weight excluding hydrogens is 236 g/mol. The molecule has 0 unspecified atom stereocenters. The summed E-state index contributed by atoms with van der Waals surface area (Å²) in [7, 11) is 0. The predicted molar refractivity (Wildman–Crippen MR) is 62.0 cm³/mol. The summed E-state index contributed by atoms with van der Waals surface area (Å²) in [5, 5.41) is 12.2. The molecular formula is C11H12N4O3. The van der Waals surface area contributed by atoms with Gasteiger partial charge in [-0.05, 0) is 6.07 Å². The van der Waals surface area contributed by atoms with Crippen LogP contribution in [0, 0.1) is 0 Å². The van der Waals surface area contributed by atoms with Crippen LogP contribution in [0.3, 0.4) is 0 Å². The van der Waals surface area contributed by atoms with E-state index >= 15 is 0 Å². The first kappa shape index (κ1) is 11.1. The van der Waals surface area contributed by atoms with Gasteiger partial charge in [0.1, 0.15) is 11.2 Å². The predicted octanol–water partition coefficient (Wildman–Crippen LogP) is -0.553. The van der Waals surface area contributed by atoms with E-state index in [1.54, 1.807) is 12.3 Å². The van der Waals surface area contributed by atoms with Crippen molar-refractivity contribution in [3.05, 3.63) is 24.2 Å². The fraction of sp³-hybridized carbons (Fsp3) is 0.364. The van der Waals surface area contributed by atoms with Crippen molar-refractivity contribution in [2.75, 3.05) is 13.2 Å². The minimum Gasteiger partial charge on any atom is -0.388 e. The zero-order valence-corrected chi connectivity index (χ0v) is 9.46. The van der Waals surface area contributed by atoms with Gasteiger partial charge in [0.05, 0.1) is 31.6 Å². The number of H-pyrrole nitrogens is 1. The van der Waals surface area contributed by atoms with Crippen LogP contribution >= 0.6 is 0 Å². The van der Waals surface area contributed by atoms with Crippen molar-refractivity contribution >= 4 is 17.1 Å². The molecule has 1 aliphatic rings. The maximum absolute atomic E-state index is 11.9. The van der Waals surface area contributed by atoms with Crippen LogP contribution in [0.2, 0.25) is 0 Å². The Morgan fingerprint density at radius 3 is 3.22 bits per heavy atom. The Kier molecular flexibility index (Phi) is 2.69. The molecule has 0 aliphatic carbocycles. The van der Waals surface area contributed by atoms with Crippen molar-refractivity contribution < 1.29 is 14.6 Å². The van der Waals surface area contributed by atoms with Crippen molar-refractivity contribution in [3.63, 3.8) is 0 Å². The van der Waals surface area contributed by atoms with E-state index in [4.69, 9.17) is 4.74 Å². The number of carbonyl (C=O) groups excluding carboxylic acids is 1. The van der Waals surface area contributed by atoms with E-state index in [2.05, 4.69) is 20.3 Å². The summed E-state index contributed by atoms with van der Waals surface area (Å²) in [5.41, 5.74) is 1.49. The highest BCUT2D eigenvalue weighted by Crippen LogP contribution is 2.09. The molecule has 1 saturated heterocycles. The Morgan fingerprint density at radius 2 is 2.44 bits per heavy atom. The zero-order valence-electron chi connectivity index (χ0n) is 9.46. The summed E-state index contributed by atoms with van der Waals surface area (Å²) >= 11 is 0. The lowest BCUT2D eigenvalue weighted by Gasteiger charge is -2.13. The van der Waals surface area contributed by atoms with E-state index in [-0.39, 0.29) is 24.2 Å². The molecule has 0 radical (unpaired) electrons. The number of aliphatic hydroxyl groups is 1. The maximum atomic E-state index is 11.9. The Morgan fingerprint density at radius 1 is 1.56 bits per heavy atom. The first-order valence-corrected chi connectivity index (χ1v) is 5.61. The molecule has 3 N–H and O–H groups in total. The minimum absolute atomic E-state index is 0.223. The Bertz CT molecular complexity index is 582. The van der Waals surface area contributed by atoms with Gasteiger partial charge in [0, 0.05) is 6.20 Å². The van der Waals surface area contributed by atoms with Crippen molar-refractivity contribution in [1.82, 2.24) is 20.3 Å². The first-order valence-electron chi connectivity index (χ1n) is 5.61. The number of aromatic amines is 1. The molecule has 3 heterocycles. The quantitative estimate of drug-likeness (QED) is 0.662. The molecule has 3 rings (SSSR count). The SMILES string of the molecule is O=C(N[C@H]1COC[C@H]1O)c1cnc2[nH]ccc2n1. The Labute approximate surface area is 102 Å². The van der Waals surface area contributed by atoms with Crippen LogP contribution in [0.1, 0.15) is 10.5 Å². The molecule has 2 aromatic rings. The second kappa shape index (κ2) is 4.35. The monoisotopic (exact) mass is 248 g/mol. The number of hydrogen-bond acceptors (Lipinski definition) is 5. The lowest BCUT2D eigenvalue weighted by Crippen LogP contribution is -2.42. The van der Waals surface area contributed by atoms with Crippen LogP contribution < -0.4 is 5.32 Å². The number of aromatic nitrogens is 3. The normalized spacial score (nSPS) is 23.4. The molecule has 18 heavy (non-hydrogen) atoms. The van der Waals surface area contributed by atoms with Crippen LogP contribution in [-0.4, -0.2) is 51.3 Å². The number of hydrogen-bond donors (Lipinski definition) is 3. The number of aliphatic hydroxyl groups excluding tert-OH is 1. The van der Waals surface area contributed by atoms with Crippen LogP contribution in [0.25, 0.3) is 11.2 Å². The topological polar surface area (TPSA) is 100 Å². The molecule has 1 amide bonds.